The van der Waals surface area contributed by atoms with Gasteiger partial charge in [-0.1, -0.05) is 12.1 Å². The third-order valence-corrected chi connectivity index (χ3v) is 5.37. The summed E-state index contributed by atoms with van der Waals surface area (Å²) in [6.07, 6.45) is 3.93. The predicted molar refractivity (Wildman–Crippen MR) is 103 cm³/mol. The average molecular weight is 372 g/mol. The van der Waals surface area contributed by atoms with Gasteiger partial charge in [0.05, 0.1) is 6.42 Å². The first-order valence-corrected chi connectivity index (χ1v) is 9.71. The Labute approximate surface area is 160 Å². The Bertz CT molecular complexity index is 692. The molecule has 0 aliphatic carbocycles. The Morgan fingerprint density at radius 2 is 1.74 bits per heavy atom. The van der Waals surface area contributed by atoms with Crippen LogP contribution in [0.4, 0.5) is 10.5 Å². The highest BCUT2D eigenvalue weighted by Gasteiger charge is 2.31. The summed E-state index contributed by atoms with van der Waals surface area (Å²) in [6.45, 7) is 2.94. The molecule has 2 N–H and O–H groups in total. The van der Waals surface area contributed by atoms with Gasteiger partial charge < -0.3 is 20.4 Å². The molecular formula is C20H28N4O3. The molecule has 0 spiro atoms. The van der Waals surface area contributed by atoms with Crippen LogP contribution >= 0.6 is 0 Å². The Morgan fingerprint density at radius 3 is 2.41 bits per heavy atom. The van der Waals surface area contributed by atoms with Crippen molar-refractivity contribution in [1.29, 1.82) is 0 Å². The lowest BCUT2D eigenvalue weighted by atomic mass is 9.95. The minimum atomic E-state index is -0.154. The van der Waals surface area contributed by atoms with E-state index in [1.807, 2.05) is 29.2 Å². The number of nitrogens with one attached hydrogen (secondary N) is 2. The van der Waals surface area contributed by atoms with Gasteiger partial charge in [-0.25, -0.2) is 4.79 Å². The number of benzene rings is 1. The van der Waals surface area contributed by atoms with Gasteiger partial charge in [-0.3, -0.25) is 9.59 Å². The Balaban J connectivity index is 1.50. The molecule has 3 rings (SSSR count). The van der Waals surface area contributed by atoms with E-state index in [1.54, 1.807) is 11.9 Å². The van der Waals surface area contributed by atoms with Crippen molar-refractivity contribution in [2.24, 2.45) is 5.92 Å². The third kappa shape index (κ3) is 4.99. The van der Waals surface area contributed by atoms with Gasteiger partial charge in [0.1, 0.15) is 0 Å². The van der Waals surface area contributed by atoms with Crippen molar-refractivity contribution in [2.75, 3.05) is 38.5 Å². The fourth-order valence-corrected chi connectivity index (χ4v) is 3.76. The van der Waals surface area contributed by atoms with Crippen LogP contribution in [0.3, 0.4) is 0 Å². The summed E-state index contributed by atoms with van der Waals surface area (Å²) in [7, 11) is 1.60. The molecule has 1 aromatic carbocycles. The van der Waals surface area contributed by atoms with Gasteiger partial charge in [0.2, 0.25) is 11.8 Å². The van der Waals surface area contributed by atoms with Crippen LogP contribution in [0.25, 0.3) is 0 Å². The highest BCUT2D eigenvalue weighted by molar-refractivity contribution is 5.90. The molecule has 2 aliphatic heterocycles. The lowest BCUT2D eigenvalue weighted by molar-refractivity contribution is -0.135. The maximum Gasteiger partial charge on any atom is 0.321 e. The summed E-state index contributed by atoms with van der Waals surface area (Å²) in [4.78, 5) is 40.3. The fourth-order valence-electron chi connectivity index (χ4n) is 3.76. The summed E-state index contributed by atoms with van der Waals surface area (Å²) in [5.74, 6) is 0.237. The van der Waals surface area contributed by atoms with E-state index in [1.165, 1.54) is 0 Å². The molecule has 0 radical (unpaired) electrons. The van der Waals surface area contributed by atoms with Crippen molar-refractivity contribution in [3.05, 3.63) is 29.8 Å². The number of urea groups is 1. The number of anilines is 1. The molecule has 1 aromatic rings. The molecule has 2 fully saturated rings. The molecule has 0 unspecified atom stereocenters. The Hall–Kier alpha value is -2.57. The van der Waals surface area contributed by atoms with Gasteiger partial charge in [0.25, 0.3) is 0 Å². The number of likely N-dealkylation sites (N-methyl/N-ethyl adjacent to an activating group) is 1. The first-order chi connectivity index (χ1) is 13.1. The monoisotopic (exact) mass is 372 g/mol. The normalized spacial score (nSPS) is 17.7. The molecule has 2 aliphatic rings. The molecule has 146 valence electrons. The minimum absolute atomic E-state index is 0.0445. The molecule has 0 bridgehead atoms. The molecule has 4 amide bonds. The van der Waals surface area contributed by atoms with Crippen molar-refractivity contribution < 1.29 is 14.4 Å². The quantitative estimate of drug-likeness (QED) is 0.846. The predicted octanol–water partition coefficient (Wildman–Crippen LogP) is 1.84. The number of piperidine rings is 1. The first kappa shape index (κ1) is 19.2. The summed E-state index contributed by atoms with van der Waals surface area (Å²) in [5.41, 5.74) is 1.53. The number of carbonyl (C=O) groups excluding carboxylic acids is 3. The van der Waals surface area contributed by atoms with Gasteiger partial charge in [-0.15, -0.1) is 0 Å². The number of amides is 4. The van der Waals surface area contributed by atoms with E-state index in [0.29, 0.717) is 18.8 Å². The van der Waals surface area contributed by atoms with Crippen molar-refractivity contribution in [2.45, 2.75) is 32.1 Å². The zero-order valence-corrected chi connectivity index (χ0v) is 15.9. The molecule has 27 heavy (non-hydrogen) atoms. The van der Waals surface area contributed by atoms with Gasteiger partial charge in [0, 0.05) is 44.8 Å². The van der Waals surface area contributed by atoms with Gasteiger partial charge in [-0.2, -0.15) is 0 Å². The topological polar surface area (TPSA) is 81.8 Å². The van der Waals surface area contributed by atoms with Crippen LogP contribution < -0.4 is 10.6 Å². The number of carbonyl (C=O) groups is 3. The number of hydrogen-bond acceptors (Lipinski definition) is 3. The lowest BCUT2D eigenvalue weighted by Gasteiger charge is -2.33. The van der Waals surface area contributed by atoms with Crippen molar-refractivity contribution in [3.63, 3.8) is 0 Å². The SMILES string of the molecule is CNC(=O)Cc1cccc(NC(=O)N2CCC(C(=O)N3CCCC3)CC2)c1. The summed E-state index contributed by atoms with van der Waals surface area (Å²) >= 11 is 0. The van der Waals surface area contributed by atoms with Crippen molar-refractivity contribution >= 4 is 23.5 Å². The molecule has 0 saturated carbocycles. The van der Waals surface area contributed by atoms with Gasteiger partial charge >= 0.3 is 6.03 Å². The molecule has 2 saturated heterocycles. The van der Waals surface area contributed by atoms with Crippen LogP contribution in [0.1, 0.15) is 31.2 Å². The van der Waals surface area contributed by atoms with Gasteiger partial charge in [-0.05, 0) is 43.4 Å². The van der Waals surface area contributed by atoms with Gasteiger partial charge in [0.15, 0.2) is 0 Å². The van der Waals surface area contributed by atoms with Crippen molar-refractivity contribution in [3.8, 4) is 0 Å². The van der Waals surface area contributed by atoms with Crippen LogP contribution in [0.2, 0.25) is 0 Å². The molecule has 7 heteroatoms. The highest BCUT2D eigenvalue weighted by Crippen LogP contribution is 2.23. The van der Waals surface area contributed by atoms with E-state index in [0.717, 1.165) is 44.3 Å². The molecule has 0 aromatic heterocycles. The molecule has 0 atom stereocenters. The summed E-state index contributed by atoms with van der Waals surface area (Å²) < 4.78 is 0. The maximum absolute atomic E-state index is 12.5. The van der Waals surface area contributed by atoms with E-state index < -0.39 is 0 Å². The lowest BCUT2D eigenvalue weighted by Crippen LogP contribution is -2.45. The number of nitrogens with zero attached hydrogens (tertiary/aromatic N) is 2. The fraction of sp³-hybridized carbons (Fsp3) is 0.550. The molecule has 7 nitrogen and oxygen atoms in total. The molecule has 2 heterocycles. The van der Waals surface area contributed by atoms with E-state index in [9.17, 15) is 14.4 Å². The van der Waals surface area contributed by atoms with E-state index in [-0.39, 0.29) is 30.2 Å². The van der Waals surface area contributed by atoms with E-state index >= 15 is 0 Å². The maximum atomic E-state index is 12.5. The number of hydrogen-bond donors (Lipinski definition) is 2. The standard InChI is InChI=1S/C20H28N4O3/c1-21-18(25)14-15-5-4-6-17(13-15)22-20(27)24-11-7-16(8-12-24)19(26)23-9-2-3-10-23/h4-6,13,16H,2-3,7-12,14H2,1H3,(H,21,25)(H,22,27). The second kappa shape index (κ2) is 8.88. The highest BCUT2D eigenvalue weighted by atomic mass is 16.2. The van der Waals surface area contributed by atoms with E-state index in [2.05, 4.69) is 10.6 Å². The molecular weight excluding hydrogens is 344 g/mol. The largest absolute Gasteiger partial charge is 0.359 e. The smallest absolute Gasteiger partial charge is 0.321 e. The summed E-state index contributed by atoms with van der Waals surface area (Å²) in [6, 6.07) is 7.17. The Kier molecular flexibility index (Phi) is 6.32. The number of rotatable bonds is 4. The second-order valence-corrected chi connectivity index (χ2v) is 7.27. The average Bonchev–Trinajstić information content (AvgIpc) is 3.22. The third-order valence-electron chi connectivity index (χ3n) is 5.37. The minimum Gasteiger partial charge on any atom is -0.359 e. The zero-order valence-electron chi connectivity index (χ0n) is 15.9. The van der Waals surface area contributed by atoms with Crippen LogP contribution in [0.5, 0.6) is 0 Å². The zero-order chi connectivity index (χ0) is 19.2. The number of likely N-dealkylation sites (tertiary alicyclic amines) is 2. The summed E-state index contributed by atoms with van der Waals surface area (Å²) in [5, 5.41) is 5.50. The van der Waals surface area contributed by atoms with Crippen molar-refractivity contribution in [1.82, 2.24) is 15.1 Å². The van der Waals surface area contributed by atoms with Crippen LogP contribution in [0, 0.1) is 5.92 Å². The van der Waals surface area contributed by atoms with Crippen LogP contribution in [-0.2, 0) is 16.0 Å². The van der Waals surface area contributed by atoms with Crippen LogP contribution in [0.15, 0.2) is 24.3 Å². The second-order valence-electron chi connectivity index (χ2n) is 7.27. The van der Waals surface area contributed by atoms with E-state index in [4.69, 9.17) is 0 Å². The first-order valence-electron chi connectivity index (χ1n) is 9.71. The van der Waals surface area contributed by atoms with Crippen LogP contribution in [-0.4, -0.2) is 60.9 Å². The Morgan fingerprint density at radius 1 is 1.04 bits per heavy atom.